The van der Waals surface area contributed by atoms with E-state index in [1.165, 1.54) is 4.88 Å². The van der Waals surface area contributed by atoms with Gasteiger partial charge in [-0.3, -0.25) is 0 Å². The molecule has 5 nitrogen and oxygen atoms in total. The number of rotatable bonds is 8. The molecule has 0 aliphatic heterocycles. The Morgan fingerprint density at radius 1 is 1.33 bits per heavy atom. The molecule has 0 fully saturated rings. The van der Waals surface area contributed by atoms with Gasteiger partial charge in [-0.2, -0.15) is 0 Å². The highest BCUT2D eigenvalue weighted by Gasteiger charge is 2.20. The Morgan fingerprint density at radius 3 is 2.76 bits per heavy atom. The zero-order valence-electron chi connectivity index (χ0n) is 13.2. The maximum atomic E-state index is 5.86. The van der Waals surface area contributed by atoms with Gasteiger partial charge in [0, 0.05) is 10.9 Å². The van der Waals surface area contributed by atoms with Gasteiger partial charge >= 0.3 is 6.01 Å². The molecule has 0 bridgehead atoms. The Balaban J connectivity index is 2.08. The average molecular weight is 308 g/mol. The third-order valence-corrected chi connectivity index (χ3v) is 4.14. The summed E-state index contributed by atoms with van der Waals surface area (Å²) in [5.74, 6) is 0.648. The maximum Gasteiger partial charge on any atom is 0.318 e. The van der Waals surface area contributed by atoms with Crippen molar-refractivity contribution in [1.82, 2.24) is 15.5 Å². The van der Waals surface area contributed by atoms with Crippen LogP contribution < -0.4 is 10.2 Å². The largest absolute Gasteiger partial charge is 0.406 e. The molecule has 2 aromatic heterocycles. The van der Waals surface area contributed by atoms with E-state index in [0.717, 1.165) is 19.5 Å². The molecule has 1 atom stereocenters. The number of aromatic nitrogens is 2. The van der Waals surface area contributed by atoms with Crippen molar-refractivity contribution in [3.8, 4) is 0 Å². The minimum absolute atomic E-state index is 0.0851. The number of nitrogens with zero attached hydrogens (tertiary/aromatic N) is 3. The van der Waals surface area contributed by atoms with Gasteiger partial charge in [0.2, 0.25) is 5.89 Å². The lowest BCUT2D eigenvalue weighted by Crippen LogP contribution is -2.30. The fraction of sp³-hybridized carbons (Fsp3) is 0.600. The van der Waals surface area contributed by atoms with Gasteiger partial charge in [-0.05, 0) is 45.2 Å². The zero-order valence-corrected chi connectivity index (χ0v) is 14.0. The third kappa shape index (κ3) is 4.28. The van der Waals surface area contributed by atoms with E-state index in [1.807, 2.05) is 6.92 Å². The van der Waals surface area contributed by atoms with Gasteiger partial charge in [0.05, 0.1) is 12.6 Å². The lowest BCUT2D eigenvalue weighted by atomic mass is 10.3. The molecule has 2 rings (SSSR count). The molecule has 2 heterocycles. The van der Waals surface area contributed by atoms with Crippen molar-refractivity contribution in [2.24, 2.45) is 0 Å². The standard InChI is InChI=1S/C15H24N4OS/c1-5-8-16-12(4)14-17-18-15(20-14)19(11(2)3)10-13-7-6-9-21-13/h6-7,9,11-12,16H,5,8,10H2,1-4H3. The second-order valence-electron chi connectivity index (χ2n) is 5.40. The topological polar surface area (TPSA) is 54.2 Å². The van der Waals surface area contributed by atoms with Crippen molar-refractivity contribution in [1.29, 1.82) is 0 Å². The molecule has 1 unspecified atom stereocenters. The van der Waals surface area contributed by atoms with Crippen molar-refractivity contribution in [3.63, 3.8) is 0 Å². The molecule has 6 heteroatoms. The monoisotopic (exact) mass is 308 g/mol. The Bertz CT molecular complexity index is 524. The summed E-state index contributed by atoms with van der Waals surface area (Å²) in [4.78, 5) is 3.43. The lowest BCUT2D eigenvalue weighted by Gasteiger charge is -2.23. The number of hydrogen-bond donors (Lipinski definition) is 1. The normalized spacial score (nSPS) is 12.8. The highest BCUT2D eigenvalue weighted by atomic mass is 32.1. The molecule has 116 valence electrons. The lowest BCUT2D eigenvalue weighted by molar-refractivity contribution is 0.409. The van der Waals surface area contributed by atoms with E-state index in [9.17, 15) is 0 Å². The molecule has 2 aromatic rings. The van der Waals surface area contributed by atoms with E-state index in [4.69, 9.17) is 4.42 Å². The van der Waals surface area contributed by atoms with Crippen molar-refractivity contribution in [2.45, 2.75) is 52.7 Å². The number of hydrogen-bond acceptors (Lipinski definition) is 6. The number of thiophene rings is 1. The summed E-state index contributed by atoms with van der Waals surface area (Å²) in [7, 11) is 0. The van der Waals surface area contributed by atoms with Crippen molar-refractivity contribution >= 4 is 17.4 Å². The van der Waals surface area contributed by atoms with Crippen LogP contribution in [-0.2, 0) is 6.54 Å². The molecular formula is C15H24N4OS. The van der Waals surface area contributed by atoms with Crippen LogP contribution in [-0.4, -0.2) is 22.8 Å². The molecule has 0 saturated heterocycles. The summed E-state index contributed by atoms with van der Waals surface area (Å²) >= 11 is 1.74. The molecule has 0 radical (unpaired) electrons. The minimum atomic E-state index is 0.0851. The van der Waals surface area contributed by atoms with Gasteiger partial charge in [0.25, 0.3) is 0 Å². The van der Waals surface area contributed by atoms with Crippen molar-refractivity contribution in [3.05, 3.63) is 28.3 Å². The predicted octanol–water partition coefficient (Wildman–Crippen LogP) is 3.61. The zero-order chi connectivity index (χ0) is 15.2. The second-order valence-corrected chi connectivity index (χ2v) is 6.43. The highest BCUT2D eigenvalue weighted by Crippen LogP contribution is 2.22. The van der Waals surface area contributed by atoms with Crippen LogP contribution in [0.1, 0.15) is 50.9 Å². The fourth-order valence-corrected chi connectivity index (χ4v) is 2.71. The summed E-state index contributed by atoms with van der Waals surface area (Å²) in [5.41, 5.74) is 0. The molecule has 21 heavy (non-hydrogen) atoms. The van der Waals surface area contributed by atoms with Crippen LogP contribution in [0.4, 0.5) is 6.01 Å². The van der Waals surface area contributed by atoms with Crippen LogP contribution in [0.3, 0.4) is 0 Å². The van der Waals surface area contributed by atoms with Crippen molar-refractivity contribution < 1.29 is 4.42 Å². The van der Waals surface area contributed by atoms with Crippen LogP contribution in [0.2, 0.25) is 0 Å². The first-order valence-corrected chi connectivity index (χ1v) is 8.35. The highest BCUT2D eigenvalue weighted by molar-refractivity contribution is 7.09. The predicted molar refractivity (Wildman–Crippen MR) is 86.6 cm³/mol. The Morgan fingerprint density at radius 2 is 2.14 bits per heavy atom. The maximum absolute atomic E-state index is 5.86. The summed E-state index contributed by atoms with van der Waals surface area (Å²) in [6.07, 6.45) is 1.09. The Kier molecular flexibility index (Phi) is 5.76. The molecule has 1 N–H and O–H groups in total. The van der Waals surface area contributed by atoms with E-state index in [-0.39, 0.29) is 6.04 Å². The van der Waals surface area contributed by atoms with E-state index in [2.05, 4.69) is 58.7 Å². The average Bonchev–Trinajstić information content (AvgIpc) is 3.12. The Labute approximate surface area is 130 Å². The van der Waals surface area contributed by atoms with Crippen LogP contribution in [0.15, 0.2) is 21.9 Å². The van der Waals surface area contributed by atoms with Gasteiger partial charge in [0.15, 0.2) is 0 Å². The first kappa shape index (κ1) is 16.0. The smallest absolute Gasteiger partial charge is 0.318 e. The van der Waals surface area contributed by atoms with Gasteiger partial charge in [-0.15, -0.1) is 16.4 Å². The van der Waals surface area contributed by atoms with Gasteiger partial charge in [0.1, 0.15) is 0 Å². The first-order valence-electron chi connectivity index (χ1n) is 7.47. The number of nitrogens with one attached hydrogen (secondary N) is 1. The van der Waals surface area contributed by atoms with E-state index in [1.54, 1.807) is 11.3 Å². The van der Waals surface area contributed by atoms with Crippen molar-refractivity contribution in [2.75, 3.05) is 11.4 Å². The minimum Gasteiger partial charge on any atom is -0.406 e. The molecule has 0 saturated carbocycles. The van der Waals surface area contributed by atoms with E-state index < -0.39 is 0 Å². The Hall–Kier alpha value is -1.40. The SMILES string of the molecule is CCCNC(C)c1nnc(N(Cc2cccs2)C(C)C)o1. The van der Waals surface area contributed by atoms with Gasteiger partial charge in [-0.1, -0.05) is 18.1 Å². The summed E-state index contributed by atoms with van der Waals surface area (Å²) < 4.78 is 5.86. The summed E-state index contributed by atoms with van der Waals surface area (Å²) in [6, 6.07) is 5.18. The summed E-state index contributed by atoms with van der Waals surface area (Å²) in [6.45, 7) is 10.2. The third-order valence-electron chi connectivity index (χ3n) is 3.28. The van der Waals surface area contributed by atoms with E-state index >= 15 is 0 Å². The summed E-state index contributed by atoms with van der Waals surface area (Å²) in [5, 5.41) is 13.9. The second kappa shape index (κ2) is 7.56. The number of anilines is 1. The van der Waals surface area contributed by atoms with E-state index in [0.29, 0.717) is 17.9 Å². The molecule has 0 aliphatic carbocycles. The van der Waals surface area contributed by atoms with Gasteiger partial charge in [-0.25, -0.2) is 0 Å². The molecule has 0 aliphatic rings. The van der Waals surface area contributed by atoms with Crippen LogP contribution in [0, 0.1) is 0 Å². The molecule has 0 amide bonds. The first-order chi connectivity index (χ1) is 10.1. The van der Waals surface area contributed by atoms with Crippen LogP contribution >= 0.6 is 11.3 Å². The molecule has 0 spiro atoms. The van der Waals surface area contributed by atoms with Crippen LogP contribution in [0.25, 0.3) is 0 Å². The molecule has 0 aromatic carbocycles. The quantitative estimate of drug-likeness (QED) is 0.807. The van der Waals surface area contributed by atoms with Crippen LogP contribution in [0.5, 0.6) is 0 Å². The molecular weight excluding hydrogens is 284 g/mol. The fourth-order valence-electron chi connectivity index (χ4n) is 2.01. The van der Waals surface area contributed by atoms with Gasteiger partial charge < -0.3 is 14.6 Å².